The van der Waals surface area contributed by atoms with Crippen LogP contribution in [0.25, 0.3) is 0 Å². The van der Waals surface area contributed by atoms with Gasteiger partial charge < -0.3 is 10.2 Å². The number of rotatable bonds is 6. The van der Waals surface area contributed by atoms with Gasteiger partial charge in [0.2, 0.25) is 21.8 Å². The Morgan fingerprint density at radius 3 is 2.35 bits per heavy atom. The van der Waals surface area contributed by atoms with Crippen molar-refractivity contribution in [2.24, 2.45) is 0 Å². The number of carbonyl (C=O) groups is 2. The van der Waals surface area contributed by atoms with Crippen LogP contribution in [0, 0.1) is 0 Å². The number of amides is 2. The lowest BCUT2D eigenvalue weighted by Crippen LogP contribution is -2.35. The molecular formula is C23H27N3O4S. The average Bonchev–Trinajstić information content (AvgIpc) is 3.21. The van der Waals surface area contributed by atoms with Crippen LogP contribution in [-0.4, -0.2) is 44.2 Å². The zero-order valence-electron chi connectivity index (χ0n) is 17.4. The highest BCUT2D eigenvalue weighted by atomic mass is 32.2. The molecule has 0 saturated carbocycles. The first-order chi connectivity index (χ1) is 14.9. The van der Waals surface area contributed by atoms with Crippen molar-refractivity contribution in [2.75, 3.05) is 29.9 Å². The lowest BCUT2D eigenvalue weighted by molar-refractivity contribution is -0.117. The predicted octanol–water partition coefficient (Wildman–Crippen LogP) is 3.17. The van der Waals surface area contributed by atoms with E-state index in [2.05, 4.69) is 5.32 Å². The Bertz CT molecular complexity index is 1060. The van der Waals surface area contributed by atoms with Gasteiger partial charge in [0, 0.05) is 37.4 Å². The van der Waals surface area contributed by atoms with Gasteiger partial charge in [0.25, 0.3) is 0 Å². The lowest BCUT2D eigenvalue weighted by atomic mass is 10.1. The van der Waals surface area contributed by atoms with E-state index in [-0.39, 0.29) is 23.1 Å². The highest BCUT2D eigenvalue weighted by Gasteiger charge is 2.26. The van der Waals surface area contributed by atoms with Crippen molar-refractivity contribution in [3.63, 3.8) is 0 Å². The van der Waals surface area contributed by atoms with Gasteiger partial charge in [0.15, 0.2) is 0 Å². The summed E-state index contributed by atoms with van der Waals surface area (Å²) in [6, 6.07) is 13.8. The van der Waals surface area contributed by atoms with Crippen LogP contribution in [-0.2, 0) is 26.0 Å². The summed E-state index contributed by atoms with van der Waals surface area (Å²) in [5.41, 5.74) is 2.15. The Morgan fingerprint density at radius 2 is 1.68 bits per heavy atom. The van der Waals surface area contributed by atoms with E-state index >= 15 is 0 Å². The van der Waals surface area contributed by atoms with Crippen LogP contribution in [0.3, 0.4) is 0 Å². The second-order valence-electron chi connectivity index (χ2n) is 8.03. The number of nitrogens with one attached hydrogen (secondary N) is 1. The first kappa shape index (κ1) is 21.5. The fraction of sp³-hybridized carbons (Fsp3) is 0.391. The van der Waals surface area contributed by atoms with Crippen molar-refractivity contribution in [3.05, 3.63) is 54.1 Å². The van der Waals surface area contributed by atoms with E-state index in [4.69, 9.17) is 0 Å². The smallest absolute Gasteiger partial charge is 0.243 e. The first-order valence-corrected chi connectivity index (χ1v) is 12.2. The summed E-state index contributed by atoms with van der Waals surface area (Å²) in [6.45, 7) is 1.83. The first-order valence-electron chi connectivity index (χ1n) is 10.7. The Labute approximate surface area is 183 Å². The normalized spacial score (nSPS) is 17.7. The van der Waals surface area contributed by atoms with Gasteiger partial charge in [-0.15, -0.1) is 0 Å². The third-order valence-electron chi connectivity index (χ3n) is 5.76. The summed E-state index contributed by atoms with van der Waals surface area (Å²) >= 11 is 0. The molecule has 2 saturated heterocycles. The summed E-state index contributed by atoms with van der Waals surface area (Å²) in [4.78, 5) is 26.4. The minimum Gasteiger partial charge on any atom is -0.326 e. The van der Waals surface area contributed by atoms with E-state index in [0.717, 1.165) is 36.9 Å². The highest BCUT2D eigenvalue weighted by Crippen LogP contribution is 2.25. The predicted molar refractivity (Wildman–Crippen MR) is 119 cm³/mol. The quantitative estimate of drug-likeness (QED) is 0.746. The number of piperidine rings is 1. The van der Waals surface area contributed by atoms with Gasteiger partial charge in [-0.25, -0.2) is 8.42 Å². The van der Waals surface area contributed by atoms with E-state index in [9.17, 15) is 18.0 Å². The fourth-order valence-corrected chi connectivity index (χ4v) is 5.61. The minimum atomic E-state index is -3.47. The van der Waals surface area contributed by atoms with Crippen molar-refractivity contribution < 1.29 is 18.0 Å². The number of sulfonamides is 1. The molecule has 0 atom stereocenters. The third kappa shape index (κ3) is 4.97. The molecule has 2 amide bonds. The van der Waals surface area contributed by atoms with Crippen LogP contribution in [0.2, 0.25) is 0 Å². The average molecular weight is 442 g/mol. The van der Waals surface area contributed by atoms with Crippen LogP contribution >= 0.6 is 0 Å². The van der Waals surface area contributed by atoms with Crippen molar-refractivity contribution in [3.8, 4) is 0 Å². The number of carbonyl (C=O) groups excluding carboxylic acids is 2. The Morgan fingerprint density at radius 1 is 0.935 bits per heavy atom. The SMILES string of the molecule is O=C(Cc1ccc(S(=O)(=O)N2CCCCC2)cc1)Nc1cccc(N2CCCC2=O)c1. The van der Waals surface area contributed by atoms with E-state index in [1.54, 1.807) is 41.3 Å². The molecule has 4 rings (SSSR count). The molecular weight excluding hydrogens is 414 g/mol. The third-order valence-corrected chi connectivity index (χ3v) is 7.67. The van der Waals surface area contributed by atoms with Gasteiger partial charge in [-0.1, -0.05) is 24.6 Å². The topological polar surface area (TPSA) is 86.8 Å². The molecule has 0 aromatic heterocycles. The molecule has 2 fully saturated rings. The Balaban J connectivity index is 1.38. The van der Waals surface area contributed by atoms with Crippen LogP contribution in [0.1, 0.15) is 37.7 Å². The van der Waals surface area contributed by atoms with E-state index in [1.807, 2.05) is 12.1 Å². The molecule has 164 valence electrons. The van der Waals surface area contributed by atoms with Gasteiger partial charge in [0.05, 0.1) is 11.3 Å². The van der Waals surface area contributed by atoms with Gasteiger partial charge in [-0.3, -0.25) is 9.59 Å². The molecule has 0 bridgehead atoms. The van der Waals surface area contributed by atoms with Crippen molar-refractivity contribution in [2.45, 2.75) is 43.4 Å². The molecule has 2 aromatic carbocycles. The highest BCUT2D eigenvalue weighted by molar-refractivity contribution is 7.89. The summed E-state index contributed by atoms with van der Waals surface area (Å²) in [5, 5.41) is 2.86. The Kier molecular flexibility index (Phi) is 6.38. The number of hydrogen-bond acceptors (Lipinski definition) is 4. The monoisotopic (exact) mass is 441 g/mol. The molecule has 2 aromatic rings. The van der Waals surface area contributed by atoms with Crippen molar-refractivity contribution in [1.82, 2.24) is 4.31 Å². The molecule has 2 heterocycles. The number of anilines is 2. The molecule has 0 spiro atoms. The van der Waals surface area contributed by atoms with Crippen molar-refractivity contribution >= 4 is 33.2 Å². The maximum absolute atomic E-state index is 12.7. The summed E-state index contributed by atoms with van der Waals surface area (Å²) in [7, 11) is -3.47. The minimum absolute atomic E-state index is 0.100. The van der Waals surface area contributed by atoms with E-state index < -0.39 is 10.0 Å². The zero-order chi connectivity index (χ0) is 21.8. The molecule has 2 aliphatic rings. The largest absolute Gasteiger partial charge is 0.326 e. The summed E-state index contributed by atoms with van der Waals surface area (Å²) in [6.07, 6.45) is 4.39. The van der Waals surface area contributed by atoms with Crippen LogP contribution in [0.15, 0.2) is 53.4 Å². The molecule has 2 aliphatic heterocycles. The second-order valence-corrected chi connectivity index (χ2v) is 9.97. The molecule has 1 N–H and O–H groups in total. The molecule has 0 aliphatic carbocycles. The molecule has 0 unspecified atom stereocenters. The van der Waals surface area contributed by atoms with Crippen LogP contribution in [0.5, 0.6) is 0 Å². The number of benzene rings is 2. The van der Waals surface area contributed by atoms with Gasteiger partial charge in [-0.2, -0.15) is 4.31 Å². The van der Waals surface area contributed by atoms with Crippen LogP contribution < -0.4 is 10.2 Å². The zero-order valence-corrected chi connectivity index (χ0v) is 18.2. The Hall–Kier alpha value is -2.71. The molecule has 8 heteroatoms. The summed E-state index contributed by atoms with van der Waals surface area (Å²) in [5.74, 6) is -0.0976. The molecule has 0 radical (unpaired) electrons. The second kappa shape index (κ2) is 9.20. The number of nitrogens with zero attached hydrogens (tertiary/aromatic N) is 2. The van der Waals surface area contributed by atoms with E-state index in [0.29, 0.717) is 31.7 Å². The maximum Gasteiger partial charge on any atom is 0.243 e. The van der Waals surface area contributed by atoms with Crippen LogP contribution in [0.4, 0.5) is 11.4 Å². The van der Waals surface area contributed by atoms with Crippen molar-refractivity contribution in [1.29, 1.82) is 0 Å². The fourth-order valence-electron chi connectivity index (χ4n) is 4.10. The maximum atomic E-state index is 12.7. The standard InChI is InChI=1S/C23H27N3O4S/c27-22(24-19-6-4-7-20(17-19)26-15-5-8-23(26)28)16-18-9-11-21(12-10-18)31(29,30)25-13-2-1-3-14-25/h4,6-7,9-12,17H,1-3,5,8,13-16H2,(H,24,27). The number of hydrogen-bond donors (Lipinski definition) is 1. The van der Waals surface area contributed by atoms with Gasteiger partial charge >= 0.3 is 0 Å². The lowest BCUT2D eigenvalue weighted by Gasteiger charge is -2.25. The molecule has 31 heavy (non-hydrogen) atoms. The molecule has 7 nitrogen and oxygen atoms in total. The summed E-state index contributed by atoms with van der Waals surface area (Å²) < 4.78 is 27.0. The van der Waals surface area contributed by atoms with E-state index in [1.165, 1.54) is 4.31 Å². The van der Waals surface area contributed by atoms with Gasteiger partial charge in [-0.05, 0) is 55.2 Å². The van der Waals surface area contributed by atoms with Gasteiger partial charge in [0.1, 0.15) is 0 Å².